The Hall–Kier alpha value is -1.90. The van der Waals surface area contributed by atoms with Crippen LogP contribution in [0.3, 0.4) is 0 Å². The van der Waals surface area contributed by atoms with Crippen molar-refractivity contribution in [3.63, 3.8) is 0 Å². The van der Waals surface area contributed by atoms with E-state index in [1.165, 1.54) is 22.9 Å². The molecule has 29 heavy (non-hydrogen) atoms. The Labute approximate surface area is 177 Å². The van der Waals surface area contributed by atoms with Crippen molar-refractivity contribution in [1.82, 2.24) is 14.1 Å². The normalized spacial score (nSPS) is 15.6. The van der Waals surface area contributed by atoms with E-state index in [1.54, 1.807) is 37.7 Å². The number of carbonyl (C=O) groups excluding carboxylic acids is 1. The van der Waals surface area contributed by atoms with Gasteiger partial charge in [-0.15, -0.1) is 0 Å². The minimum Gasteiger partial charge on any atom is -0.324 e. The molecule has 1 aromatic carbocycles. The number of rotatable bonds is 6. The standard InChI is InChI=1S/C20H27ClN4O3S/c1-14-20(21)15(2)25(23-14)13-19(26)22-16-9-11-18(12-10-16)29(27,28)24(3)17-7-5-4-6-8-17/h9-12,17H,4-8,13H2,1-3H3,(H,22,26). The number of aryl methyl sites for hydroxylation is 1. The SMILES string of the molecule is Cc1nn(CC(=O)Nc2ccc(S(=O)(=O)N(C)C3CCCCC3)cc2)c(C)c1Cl. The van der Waals surface area contributed by atoms with E-state index in [1.807, 2.05) is 0 Å². The van der Waals surface area contributed by atoms with Crippen molar-refractivity contribution in [3.8, 4) is 0 Å². The second-order valence-electron chi connectivity index (χ2n) is 7.53. The summed E-state index contributed by atoms with van der Waals surface area (Å²) in [6.45, 7) is 3.62. The van der Waals surface area contributed by atoms with E-state index in [0.717, 1.165) is 31.4 Å². The summed E-state index contributed by atoms with van der Waals surface area (Å²) in [4.78, 5) is 12.5. The molecule has 0 unspecified atom stereocenters. The van der Waals surface area contributed by atoms with Crippen LogP contribution in [0.5, 0.6) is 0 Å². The van der Waals surface area contributed by atoms with Crippen molar-refractivity contribution in [3.05, 3.63) is 40.7 Å². The van der Waals surface area contributed by atoms with E-state index in [0.29, 0.717) is 16.4 Å². The number of sulfonamides is 1. The molecule has 0 aliphatic heterocycles. The van der Waals surface area contributed by atoms with Crippen molar-refractivity contribution in [1.29, 1.82) is 0 Å². The van der Waals surface area contributed by atoms with E-state index in [-0.39, 0.29) is 23.4 Å². The lowest BCUT2D eigenvalue weighted by Gasteiger charge is -2.30. The number of anilines is 1. The van der Waals surface area contributed by atoms with Gasteiger partial charge in [-0.2, -0.15) is 9.40 Å². The molecule has 1 N–H and O–H groups in total. The van der Waals surface area contributed by atoms with Gasteiger partial charge in [0, 0.05) is 18.8 Å². The first-order valence-electron chi connectivity index (χ1n) is 9.77. The molecule has 3 rings (SSSR count). The van der Waals surface area contributed by atoms with Crippen LogP contribution >= 0.6 is 11.6 Å². The summed E-state index contributed by atoms with van der Waals surface area (Å²) in [5.74, 6) is -0.262. The highest BCUT2D eigenvalue weighted by Gasteiger charge is 2.28. The Kier molecular flexibility index (Phi) is 6.65. The third-order valence-corrected chi connectivity index (χ3v) is 7.96. The highest BCUT2D eigenvalue weighted by molar-refractivity contribution is 7.89. The van der Waals surface area contributed by atoms with E-state index in [2.05, 4.69) is 10.4 Å². The molecule has 1 saturated carbocycles. The van der Waals surface area contributed by atoms with Gasteiger partial charge in [0.15, 0.2) is 0 Å². The lowest BCUT2D eigenvalue weighted by molar-refractivity contribution is -0.116. The second kappa shape index (κ2) is 8.85. The predicted octanol–water partition coefficient (Wildman–Crippen LogP) is 3.75. The Morgan fingerprint density at radius 2 is 1.83 bits per heavy atom. The monoisotopic (exact) mass is 438 g/mol. The molecule has 0 bridgehead atoms. The zero-order chi connectivity index (χ0) is 21.2. The van der Waals surface area contributed by atoms with Gasteiger partial charge in [-0.3, -0.25) is 9.48 Å². The number of carbonyl (C=O) groups is 1. The van der Waals surface area contributed by atoms with Crippen LogP contribution in [0.25, 0.3) is 0 Å². The molecule has 1 aliphatic rings. The molecule has 0 atom stereocenters. The summed E-state index contributed by atoms with van der Waals surface area (Å²) < 4.78 is 28.8. The Bertz CT molecular complexity index is 980. The van der Waals surface area contributed by atoms with Gasteiger partial charge in [-0.25, -0.2) is 8.42 Å². The quantitative estimate of drug-likeness (QED) is 0.744. The first-order chi connectivity index (χ1) is 13.7. The number of nitrogens with zero attached hydrogens (tertiary/aromatic N) is 3. The smallest absolute Gasteiger partial charge is 0.246 e. The molecule has 0 spiro atoms. The van der Waals surface area contributed by atoms with Crippen LogP contribution < -0.4 is 5.32 Å². The lowest BCUT2D eigenvalue weighted by Crippen LogP contribution is -2.38. The molecule has 1 fully saturated rings. The summed E-state index contributed by atoms with van der Waals surface area (Å²) in [6.07, 6.45) is 5.11. The zero-order valence-corrected chi connectivity index (χ0v) is 18.6. The molecule has 158 valence electrons. The van der Waals surface area contributed by atoms with E-state index in [4.69, 9.17) is 11.6 Å². The number of aromatic nitrogens is 2. The first kappa shape index (κ1) is 21.8. The van der Waals surface area contributed by atoms with Gasteiger partial charge >= 0.3 is 0 Å². The van der Waals surface area contributed by atoms with Crippen LogP contribution in [0.4, 0.5) is 5.69 Å². The van der Waals surface area contributed by atoms with Gasteiger partial charge in [-0.1, -0.05) is 30.9 Å². The van der Waals surface area contributed by atoms with Gasteiger partial charge in [0.2, 0.25) is 15.9 Å². The van der Waals surface area contributed by atoms with Gasteiger partial charge in [-0.05, 0) is 51.0 Å². The highest BCUT2D eigenvalue weighted by Crippen LogP contribution is 2.27. The van der Waals surface area contributed by atoms with E-state index in [9.17, 15) is 13.2 Å². The summed E-state index contributed by atoms with van der Waals surface area (Å²) >= 11 is 6.11. The largest absolute Gasteiger partial charge is 0.324 e. The van der Waals surface area contributed by atoms with Crippen LogP contribution in [-0.4, -0.2) is 41.5 Å². The molecule has 1 aromatic heterocycles. The average Bonchev–Trinajstić information content (AvgIpc) is 2.95. The van der Waals surface area contributed by atoms with Crippen LogP contribution in [0, 0.1) is 13.8 Å². The molecule has 1 amide bonds. The topological polar surface area (TPSA) is 84.3 Å². The van der Waals surface area contributed by atoms with E-state index < -0.39 is 10.0 Å². The number of benzene rings is 1. The van der Waals surface area contributed by atoms with Crippen LogP contribution in [-0.2, 0) is 21.4 Å². The maximum Gasteiger partial charge on any atom is 0.246 e. The van der Waals surface area contributed by atoms with Crippen LogP contribution in [0.2, 0.25) is 5.02 Å². The van der Waals surface area contributed by atoms with Gasteiger partial charge in [0.25, 0.3) is 0 Å². The average molecular weight is 439 g/mol. The molecular weight excluding hydrogens is 412 g/mol. The first-order valence-corrected chi connectivity index (χ1v) is 11.6. The highest BCUT2D eigenvalue weighted by atomic mass is 35.5. The minimum absolute atomic E-state index is 0.0316. The molecular formula is C20H27ClN4O3S. The number of nitrogens with one attached hydrogen (secondary N) is 1. The second-order valence-corrected chi connectivity index (χ2v) is 9.90. The molecule has 0 saturated heterocycles. The third kappa shape index (κ3) is 4.82. The third-order valence-electron chi connectivity index (χ3n) is 5.49. The lowest BCUT2D eigenvalue weighted by atomic mass is 9.96. The summed E-state index contributed by atoms with van der Waals surface area (Å²) in [5, 5.41) is 7.56. The van der Waals surface area contributed by atoms with Crippen molar-refractivity contribution < 1.29 is 13.2 Å². The summed E-state index contributed by atoms with van der Waals surface area (Å²) in [6, 6.07) is 6.33. The number of amides is 1. The number of hydrogen-bond acceptors (Lipinski definition) is 4. The Morgan fingerprint density at radius 1 is 1.21 bits per heavy atom. The Balaban J connectivity index is 1.66. The number of halogens is 1. The van der Waals surface area contributed by atoms with Crippen molar-refractivity contribution in [2.45, 2.75) is 63.4 Å². The summed E-state index contributed by atoms with van der Waals surface area (Å²) in [5.41, 5.74) is 1.93. The van der Waals surface area contributed by atoms with Gasteiger partial charge in [0.05, 0.1) is 21.3 Å². The molecule has 0 radical (unpaired) electrons. The Morgan fingerprint density at radius 3 is 2.38 bits per heavy atom. The van der Waals surface area contributed by atoms with E-state index >= 15 is 0 Å². The molecule has 2 aromatic rings. The zero-order valence-electron chi connectivity index (χ0n) is 17.0. The minimum atomic E-state index is -3.55. The van der Waals surface area contributed by atoms with Crippen molar-refractivity contribution >= 4 is 33.2 Å². The molecule has 9 heteroatoms. The number of hydrogen-bond donors (Lipinski definition) is 1. The maximum atomic E-state index is 12.9. The van der Waals surface area contributed by atoms with Gasteiger partial charge < -0.3 is 5.32 Å². The predicted molar refractivity (Wildman–Crippen MR) is 114 cm³/mol. The fourth-order valence-electron chi connectivity index (χ4n) is 3.68. The fraction of sp³-hybridized carbons (Fsp3) is 0.500. The molecule has 1 aliphatic carbocycles. The van der Waals surface area contributed by atoms with Crippen molar-refractivity contribution in [2.75, 3.05) is 12.4 Å². The maximum absolute atomic E-state index is 12.9. The fourth-order valence-corrected chi connectivity index (χ4v) is 5.23. The molecule has 1 heterocycles. The van der Waals surface area contributed by atoms with Crippen LogP contribution in [0.15, 0.2) is 29.2 Å². The molecule has 7 nitrogen and oxygen atoms in total. The van der Waals surface area contributed by atoms with Gasteiger partial charge in [0.1, 0.15) is 6.54 Å². The van der Waals surface area contributed by atoms with Crippen molar-refractivity contribution in [2.24, 2.45) is 0 Å². The van der Waals surface area contributed by atoms with Crippen LogP contribution in [0.1, 0.15) is 43.5 Å². The summed E-state index contributed by atoms with van der Waals surface area (Å²) in [7, 11) is -1.89.